The van der Waals surface area contributed by atoms with Crippen molar-refractivity contribution < 1.29 is 23.7 Å². The number of hydrogen-bond acceptors (Lipinski definition) is 6. The van der Waals surface area contributed by atoms with E-state index in [0.717, 1.165) is 6.08 Å². The SMILES string of the molecule is C[C@H](OC(=O)/C=C/c1ccc(Br)o1)C(=O)Nc1ccccc1[N+](=O)[O-]. The lowest BCUT2D eigenvalue weighted by molar-refractivity contribution is -0.383. The third-order valence-corrected chi connectivity index (χ3v) is 3.42. The first-order valence-electron chi connectivity index (χ1n) is 7.05. The van der Waals surface area contributed by atoms with Crippen molar-refractivity contribution in [2.24, 2.45) is 0 Å². The molecule has 1 aromatic carbocycles. The summed E-state index contributed by atoms with van der Waals surface area (Å²) in [6.45, 7) is 1.36. The molecule has 1 amide bonds. The fourth-order valence-corrected chi connectivity index (χ4v) is 2.13. The van der Waals surface area contributed by atoms with Crippen molar-refractivity contribution in [2.75, 3.05) is 5.32 Å². The Morgan fingerprint density at radius 2 is 2.04 bits per heavy atom. The molecule has 0 aliphatic carbocycles. The van der Waals surface area contributed by atoms with Crippen molar-refractivity contribution in [3.8, 4) is 0 Å². The van der Waals surface area contributed by atoms with Crippen LogP contribution < -0.4 is 5.32 Å². The van der Waals surface area contributed by atoms with E-state index < -0.39 is 22.9 Å². The minimum absolute atomic E-state index is 0.0244. The van der Waals surface area contributed by atoms with Gasteiger partial charge >= 0.3 is 5.97 Å². The van der Waals surface area contributed by atoms with Gasteiger partial charge in [-0.15, -0.1) is 0 Å². The molecule has 0 fully saturated rings. The van der Waals surface area contributed by atoms with Gasteiger partial charge in [0.1, 0.15) is 11.4 Å². The number of nitrogens with one attached hydrogen (secondary N) is 1. The number of hydrogen-bond donors (Lipinski definition) is 1. The second kappa shape index (κ2) is 8.25. The van der Waals surface area contributed by atoms with E-state index in [-0.39, 0.29) is 11.4 Å². The van der Waals surface area contributed by atoms with Crippen molar-refractivity contribution in [1.29, 1.82) is 0 Å². The maximum atomic E-state index is 12.0. The second-order valence-corrected chi connectivity index (χ2v) is 5.60. The van der Waals surface area contributed by atoms with Crippen LogP contribution in [0.4, 0.5) is 11.4 Å². The Morgan fingerprint density at radius 1 is 1.32 bits per heavy atom. The Hall–Kier alpha value is -2.94. The molecule has 1 atom stereocenters. The van der Waals surface area contributed by atoms with Crippen LogP contribution in [0, 0.1) is 10.1 Å². The minimum Gasteiger partial charge on any atom is -0.450 e. The summed E-state index contributed by atoms with van der Waals surface area (Å²) >= 11 is 3.13. The number of halogens is 1. The molecule has 0 aliphatic rings. The Morgan fingerprint density at radius 3 is 2.68 bits per heavy atom. The first kappa shape index (κ1) is 18.4. The molecule has 0 bridgehead atoms. The molecular weight excluding hydrogens is 396 g/mol. The average Bonchev–Trinajstić information content (AvgIpc) is 2.98. The Labute approximate surface area is 150 Å². The summed E-state index contributed by atoms with van der Waals surface area (Å²) in [7, 11) is 0. The van der Waals surface area contributed by atoms with E-state index in [1.165, 1.54) is 31.2 Å². The maximum absolute atomic E-state index is 12.0. The molecule has 2 aromatic rings. The molecule has 2 rings (SSSR count). The van der Waals surface area contributed by atoms with E-state index in [4.69, 9.17) is 9.15 Å². The quantitative estimate of drug-likeness (QED) is 0.338. The van der Waals surface area contributed by atoms with Gasteiger partial charge in [-0.2, -0.15) is 0 Å². The maximum Gasteiger partial charge on any atom is 0.331 e. The number of carbonyl (C=O) groups is 2. The van der Waals surface area contributed by atoms with Crippen molar-refractivity contribution in [2.45, 2.75) is 13.0 Å². The summed E-state index contributed by atoms with van der Waals surface area (Å²) < 4.78 is 10.6. The Bertz CT molecular complexity index is 830. The van der Waals surface area contributed by atoms with Crippen LogP contribution in [0.2, 0.25) is 0 Å². The van der Waals surface area contributed by atoms with Gasteiger partial charge in [0.25, 0.3) is 11.6 Å². The van der Waals surface area contributed by atoms with E-state index in [0.29, 0.717) is 10.4 Å². The molecule has 0 unspecified atom stereocenters. The lowest BCUT2D eigenvalue weighted by Gasteiger charge is -2.12. The molecule has 1 heterocycles. The predicted octanol–water partition coefficient (Wildman–Crippen LogP) is 3.53. The normalized spacial score (nSPS) is 11.9. The molecule has 0 spiro atoms. The van der Waals surface area contributed by atoms with Gasteiger partial charge in [-0.25, -0.2) is 4.79 Å². The van der Waals surface area contributed by atoms with Crippen LogP contribution in [0.15, 0.2) is 51.6 Å². The zero-order valence-corrected chi connectivity index (χ0v) is 14.6. The fraction of sp³-hybridized carbons (Fsp3) is 0.125. The van der Waals surface area contributed by atoms with E-state index in [2.05, 4.69) is 21.2 Å². The number of amides is 1. The molecule has 130 valence electrons. The number of para-hydroxylation sites is 2. The van der Waals surface area contributed by atoms with E-state index >= 15 is 0 Å². The van der Waals surface area contributed by atoms with Crippen LogP contribution in [0.25, 0.3) is 6.08 Å². The third kappa shape index (κ3) is 5.28. The van der Waals surface area contributed by atoms with E-state index in [1.54, 1.807) is 18.2 Å². The summed E-state index contributed by atoms with van der Waals surface area (Å²) in [6, 6.07) is 8.97. The topological polar surface area (TPSA) is 112 Å². The molecule has 1 aromatic heterocycles. The summed E-state index contributed by atoms with van der Waals surface area (Å²) in [5.41, 5.74) is -0.228. The van der Waals surface area contributed by atoms with Crippen molar-refractivity contribution in [3.05, 3.63) is 63.0 Å². The molecule has 1 N–H and O–H groups in total. The summed E-state index contributed by atoms with van der Waals surface area (Å²) in [6.07, 6.45) is 1.36. The number of benzene rings is 1. The minimum atomic E-state index is -1.14. The number of ether oxygens (including phenoxy) is 1. The predicted molar refractivity (Wildman–Crippen MR) is 92.7 cm³/mol. The second-order valence-electron chi connectivity index (χ2n) is 4.82. The number of rotatable bonds is 6. The first-order chi connectivity index (χ1) is 11.9. The van der Waals surface area contributed by atoms with Crippen molar-refractivity contribution in [3.63, 3.8) is 0 Å². The van der Waals surface area contributed by atoms with Gasteiger partial charge in [-0.05, 0) is 47.1 Å². The zero-order valence-electron chi connectivity index (χ0n) is 13.0. The zero-order chi connectivity index (χ0) is 18.4. The van der Waals surface area contributed by atoms with Crippen LogP contribution in [0.3, 0.4) is 0 Å². The largest absolute Gasteiger partial charge is 0.450 e. The number of nitro groups is 1. The average molecular weight is 409 g/mol. The molecule has 0 radical (unpaired) electrons. The van der Waals surface area contributed by atoms with Crippen LogP contribution in [-0.2, 0) is 14.3 Å². The Kier molecular flexibility index (Phi) is 6.07. The molecular formula is C16H13BrN2O6. The molecule has 0 saturated carbocycles. The fourth-order valence-electron chi connectivity index (χ4n) is 1.81. The van der Waals surface area contributed by atoms with Gasteiger partial charge in [-0.1, -0.05) is 12.1 Å². The van der Waals surface area contributed by atoms with Crippen LogP contribution >= 0.6 is 15.9 Å². The highest BCUT2D eigenvalue weighted by atomic mass is 79.9. The van der Waals surface area contributed by atoms with Crippen LogP contribution in [0.5, 0.6) is 0 Å². The van der Waals surface area contributed by atoms with Gasteiger partial charge < -0.3 is 14.5 Å². The highest BCUT2D eigenvalue weighted by Crippen LogP contribution is 2.23. The summed E-state index contributed by atoms with van der Waals surface area (Å²) in [5.74, 6) is -1.00. The monoisotopic (exact) mass is 408 g/mol. The molecule has 8 nitrogen and oxygen atoms in total. The summed E-state index contributed by atoms with van der Waals surface area (Å²) in [5, 5.41) is 13.3. The van der Waals surface area contributed by atoms with Crippen molar-refractivity contribution in [1.82, 2.24) is 0 Å². The van der Waals surface area contributed by atoms with Crippen molar-refractivity contribution >= 4 is 45.3 Å². The summed E-state index contributed by atoms with van der Waals surface area (Å²) in [4.78, 5) is 34.1. The lowest BCUT2D eigenvalue weighted by Crippen LogP contribution is -2.29. The van der Waals surface area contributed by atoms with Gasteiger partial charge in [0.15, 0.2) is 10.8 Å². The van der Waals surface area contributed by atoms with E-state index in [1.807, 2.05) is 0 Å². The number of carbonyl (C=O) groups excluding carboxylic acids is 2. The number of nitro benzene ring substituents is 1. The van der Waals surface area contributed by atoms with E-state index in [9.17, 15) is 19.7 Å². The van der Waals surface area contributed by atoms with Crippen LogP contribution in [0.1, 0.15) is 12.7 Å². The third-order valence-electron chi connectivity index (χ3n) is 3.00. The molecule has 9 heteroatoms. The van der Waals surface area contributed by atoms with Gasteiger partial charge in [-0.3, -0.25) is 14.9 Å². The molecule has 0 aliphatic heterocycles. The highest BCUT2D eigenvalue weighted by molar-refractivity contribution is 9.10. The Balaban J connectivity index is 1.95. The smallest absolute Gasteiger partial charge is 0.331 e. The molecule has 25 heavy (non-hydrogen) atoms. The van der Waals surface area contributed by atoms with Gasteiger partial charge in [0.2, 0.25) is 0 Å². The highest BCUT2D eigenvalue weighted by Gasteiger charge is 2.20. The standard InChI is InChI=1S/C16H13BrN2O6/c1-10(24-15(20)9-7-11-6-8-14(17)25-11)16(21)18-12-4-2-3-5-13(12)19(22)23/h2-10H,1H3,(H,18,21)/b9-7+/t10-/m0/s1. The van der Waals surface area contributed by atoms with Gasteiger partial charge in [0, 0.05) is 12.1 Å². The number of anilines is 1. The number of nitrogens with zero attached hydrogens (tertiary/aromatic N) is 1. The molecule has 0 saturated heterocycles. The number of esters is 1. The number of furan rings is 1. The lowest BCUT2D eigenvalue weighted by atomic mass is 10.2. The van der Waals surface area contributed by atoms with Gasteiger partial charge in [0.05, 0.1) is 4.92 Å². The first-order valence-corrected chi connectivity index (χ1v) is 7.84. The van der Waals surface area contributed by atoms with Crippen LogP contribution in [-0.4, -0.2) is 22.9 Å².